The van der Waals surface area contributed by atoms with Crippen LogP contribution in [0, 0.1) is 0 Å². The number of benzene rings is 1. The molecular weight excluding hydrogens is 238 g/mol. The molecule has 100 valence electrons. The summed E-state index contributed by atoms with van der Waals surface area (Å²) in [5.74, 6) is 1.64. The molecular formula is C14H19N5. The maximum atomic E-state index is 5.75. The third kappa shape index (κ3) is 3.13. The molecule has 0 spiro atoms. The molecule has 0 amide bonds. The van der Waals surface area contributed by atoms with E-state index in [1.54, 1.807) is 0 Å². The molecule has 2 rings (SSSR count). The number of aromatic nitrogens is 3. The third-order valence-corrected chi connectivity index (χ3v) is 2.77. The van der Waals surface area contributed by atoms with Gasteiger partial charge in [-0.1, -0.05) is 18.2 Å². The Morgan fingerprint density at radius 2 is 2.11 bits per heavy atom. The predicted octanol–water partition coefficient (Wildman–Crippen LogP) is 2.48. The molecule has 1 heterocycles. The lowest BCUT2D eigenvalue weighted by Gasteiger charge is -2.05. The van der Waals surface area contributed by atoms with Crippen LogP contribution in [0.2, 0.25) is 0 Å². The summed E-state index contributed by atoms with van der Waals surface area (Å²) in [5, 5.41) is 11.5. The zero-order valence-electron chi connectivity index (χ0n) is 11.3. The minimum atomic E-state index is 0.757. The van der Waals surface area contributed by atoms with Gasteiger partial charge in [0.25, 0.3) is 0 Å². The van der Waals surface area contributed by atoms with Gasteiger partial charge in [0.2, 0.25) is 5.95 Å². The molecule has 0 radical (unpaired) electrons. The lowest BCUT2D eigenvalue weighted by Crippen LogP contribution is -2.06. The number of nitrogens with two attached hydrogens (primary N) is 1. The van der Waals surface area contributed by atoms with Gasteiger partial charge >= 0.3 is 0 Å². The standard InChI is InChI=1S/C14H19N5/c1-3-16-14-18-17-13(19(14)4-2)9-8-11-6-5-7-12(15)10-11/h5-10H,3-4,15H2,1-2H3,(H,16,18)/b9-8+. The first-order chi connectivity index (χ1) is 9.24. The van der Waals surface area contributed by atoms with Crippen molar-refractivity contribution in [1.82, 2.24) is 14.8 Å². The topological polar surface area (TPSA) is 68.8 Å². The van der Waals surface area contributed by atoms with Crippen molar-refractivity contribution < 1.29 is 0 Å². The Hall–Kier alpha value is -2.30. The Morgan fingerprint density at radius 3 is 2.79 bits per heavy atom. The van der Waals surface area contributed by atoms with Crippen molar-refractivity contribution in [2.45, 2.75) is 20.4 Å². The van der Waals surface area contributed by atoms with Crippen LogP contribution in [0.3, 0.4) is 0 Å². The van der Waals surface area contributed by atoms with E-state index in [-0.39, 0.29) is 0 Å². The summed E-state index contributed by atoms with van der Waals surface area (Å²) < 4.78 is 2.03. The average molecular weight is 257 g/mol. The number of hydrogen-bond acceptors (Lipinski definition) is 4. The molecule has 19 heavy (non-hydrogen) atoms. The fraction of sp³-hybridized carbons (Fsp3) is 0.286. The van der Waals surface area contributed by atoms with Crippen molar-refractivity contribution in [2.24, 2.45) is 0 Å². The zero-order valence-corrected chi connectivity index (χ0v) is 11.3. The van der Waals surface area contributed by atoms with Crippen LogP contribution >= 0.6 is 0 Å². The quantitative estimate of drug-likeness (QED) is 0.807. The Morgan fingerprint density at radius 1 is 1.26 bits per heavy atom. The highest BCUT2D eigenvalue weighted by molar-refractivity contribution is 5.69. The maximum absolute atomic E-state index is 5.75. The summed E-state index contributed by atoms with van der Waals surface area (Å²) in [5.41, 5.74) is 7.56. The van der Waals surface area contributed by atoms with E-state index in [0.29, 0.717) is 0 Å². The van der Waals surface area contributed by atoms with E-state index in [1.165, 1.54) is 0 Å². The lowest BCUT2D eigenvalue weighted by atomic mass is 10.2. The molecule has 5 nitrogen and oxygen atoms in total. The van der Waals surface area contributed by atoms with E-state index in [4.69, 9.17) is 5.73 Å². The molecule has 0 fully saturated rings. The van der Waals surface area contributed by atoms with E-state index in [0.717, 1.165) is 36.1 Å². The molecule has 5 heteroatoms. The molecule has 0 aliphatic rings. The van der Waals surface area contributed by atoms with Crippen LogP contribution in [0.5, 0.6) is 0 Å². The summed E-state index contributed by atoms with van der Waals surface area (Å²) in [6.45, 7) is 5.77. The Labute approximate surface area is 113 Å². The van der Waals surface area contributed by atoms with E-state index in [9.17, 15) is 0 Å². The summed E-state index contributed by atoms with van der Waals surface area (Å²) in [4.78, 5) is 0. The highest BCUT2D eigenvalue weighted by atomic mass is 15.3. The molecule has 0 aliphatic heterocycles. The number of nitrogen functional groups attached to an aromatic ring is 1. The van der Waals surface area contributed by atoms with Crippen LogP contribution in [0.1, 0.15) is 25.2 Å². The summed E-state index contributed by atoms with van der Waals surface area (Å²) >= 11 is 0. The molecule has 1 aromatic carbocycles. The van der Waals surface area contributed by atoms with Crippen molar-refractivity contribution in [3.8, 4) is 0 Å². The number of nitrogens with one attached hydrogen (secondary N) is 1. The van der Waals surface area contributed by atoms with Crippen LogP contribution in [0.25, 0.3) is 12.2 Å². The molecule has 0 saturated carbocycles. The van der Waals surface area contributed by atoms with Crippen LogP contribution in [-0.4, -0.2) is 21.3 Å². The summed E-state index contributed by atoms with van der Waals surface area (Å²) in [6, 6.07) is 7.73. The minimum absolute atomic E-state index is 0.757. The van der Waals surface area contributed by atoms with Crippen molar-refractivity contribution in [1.29, 1.82) is 0 Å². The molecule has 0 atom stereocenters. The van der Waals surface area contributed by atoms with Crippen molar-refractivity contribution in [2.75, 3.05) is 17.6 Å². The van der Waals surface area contributed by atoms with Gasteiger partial charge in [0.1, 0.15) is 0 Å². The monoisotopic (exact) mass is 257 g/mol. The number of nitrogens with zero attached hydrogens (tertiary/aromatic N) is 3. The first-order valence-electron chi connectivity index (χ1n) is 6.45. The van der Waals surface area contributed by atoms with Gasteiger partial charge in [0.15, 0.2) is 5.82 Å². The molecule has 0 unspecified atom stereocenters. The van der Waals surface area contributed by atoms with E-state index >= 15 is 0 Å². The Bertz CT molecular complexity index is 571. The molecule has 0 bridgehead atoms. The van der Waals surface area contributed by atoms with Crippen LogP contribution in [-0.2, 0) is 6.54 Å². The van der Waals surface area contributed by atoms with Crippen molar-refractivity contribution >= 4 is 23.8 Å². The van der Waals surface area contributed by atoms with E-state index in [2.05, 4.69) is 22.4 Å². The second-order valence-corrected chi connectivity index (χ2v) is 4.16. The van der Waals surface area contributed by atoms with Gasteiger partial charge in [-0.05, 0) is 37.6 Å². The normalized spacial score (nSPS) is 11.1. The summed E-state index contributed by atoms with van der Waals surface area (Å²) in [6.07, 6.45) is 3.94. The highest BCUT2D eigenvalue weighted by Gasteiger charge is 2.06. The van der Waals surface area contributed by atoms with E-state index < -0.39 is 0 Å². The van der Waals surface area contributed by atoms with Gasteiger partial charge in [-0.15, -0.1) is 10.2 Å². The molecule has 1 aromatic heterocycles. The highest BCUT2D eigenvalue weighted by Crippen LogP contribution is 2.13. The van der Waals surface area contributed by atoms with Crippen LogP contribution in [0.15, 0.2) is 24.3 Å². The maximum Gasteiger partial charge on any atom is 0.224 e. The van der Waals surface area contributed by atoms with Crippen LogP contribution in [0.4, 0.5) is 11.6 Å². The molecule has 3 N–H and O–H groups in total. The average Bonchev–Trinajstić information content (AvgIpc) is 2.79. The van der Waals surface area contributed by atoms with Gasteiger partial charge in [-0.2, -0.15) is 0 Å². The Kier molecular flexibility index (Phi) is 4.18. The summed E-state index contributed by atoms with van der Waals surface area (Å²) in [7, 11) is 0. The van der Waals surface area contributed by atoms with Gasteiger partial charge < -0.3 is 11.1 Å². The van der Waals surface area contributed by atoms with Crippen molar-refractivity contribution in [3.05, 3.63) is 35.7 Å². The third-order valence-electron chi connectivity index (χ3n) is 2.77. The number of hydrogen-bond donors (Lipinski definition) is 2. The number of anilines is 2. The van der Waals surface area contributed by atoms with Gasteiger partial charge in [0, 0.05) is 18.8 Å². The Balaban J connectivity index is 2.23. The first-order valence-corrected chi connectivity index (χ1v) is 6.45. The second kappa shape index (κ2) is 6.04. The zero-order chi connectivity index (χ0) is 13.7. The molecule has 0 aliphatic carbocycles. The predicted molar refractivity (Wildman–Crippen MR) is 79.6 cm³/mol. The van der Waals surface area contributed by atoms with Crippen LogP contribution < -0.4 is 11.1 Å². The fourth-order valence-electron chi connectivity index (χ4n) is 1.87. The largest absolute Gasteiger partial charge is 0.399 e. The van der Waals surface area contributed by atoms with Gasteiger partial charge in [-0.25, -0.2) is 0 Å². The minimum Gasteiger partial charge on any atom is -0.399 e. The smallest absolute Gasteiger partial charge is 0.224 e. The van der Waals surface area contributed by atoms with Crippen molar-refractivity contribution in [3.63, 3.8) is 0 Å². The molecule has 2 aromatic rings. The van der Waals surface area contributed by atoms with E-state index in [1.807, 2.05) is 47.9 Å². The fourth-order valence-corrected chi connectivity index (χ4v) is 1.87. The number of rotatable bonds is 5. The van der Waals surface area contributed by atoms with Gasteiger partial charge in [-0.3, -0.25) is 4.57 Å². The second-order valence-electron chi connectivity index (χ2n) is 4.16. The van der Waals surface area contributed by atoms with Gasteiger partial charge in [0.05, 0.1) is 0 Å². The first kappa shape index (κ1) is 13.1. The molecule has 0 saturated heterocycles. The lowest BCUT2D eigenvalue weighted by molar-refractivity contribution is 0.754. The SMILES string of the molecule is CCNc1nnc(/C=C/c2cccc(N)c2)n1CC.